The monoisotopic (exact) mass is 223 g/mol. The average molecular weight is 223 g/mol. The standard InChI is InChI=1S/C6H12BO4S2/c12-3-5-1-8-7(10-5)9-2-6(4-13)11-7/h5-6,12-13H,1-4H2/q-1. The second kappa shape index (κ2) is 4.00. The summed E-state index contributed by atoms with van der Waals surface area (Å²) in [6.07, 6.45) is -0.0519. The summed E-state index contributed by atoms with van der Waals surface area (Å²) in [6, 6.07) is 0. The Hall–Kier alpha value is 0.605. The summed E-state index contributed by atoms with van der Waals surface area (Å²) in [7, 11) is 0. The van der Waals surface area contributed by atoms with Crippen molar-refractivity contribution in [2.75, 3.05) is 24.7 Å². The first-order valence-corrected chi connectivity index (χ1v) is 5.52. The van der Waals surface area contributed by atoms with Crippen LogP contribution in [0.1, 0.15) is 0 Å². The Morgan fingerprint density at radius 1 is 1.00 bits per heavy atom. The fraction of sp³-hybridized carbons (Fsp3) is 1.00. The van der Waals surface area contributed by atoms with Crippen LogP contribution >= 0.6 is 25.3 Å². The summed E-state index contributed by atoms with van der Waals surface area (Å²) in [6.45, 7) is -0.948. The lowest BCUT2D eigenvalue weighted by atomic mass is 10.1. The minimum atomic E-state index is -1.93. The van der Waals surface area contributed by atoms with Crippen LogP contribution in [0.25, 0.3) is 0 Å². The largest absolute Gasteiger partial charge is 0.531 e. The van der Waals surface area contributed by atoms with Gasteiger partial charge in [0.2, 0.25) is 0 Å². The zero-order chi connectivity index (χ0) is 9.31. The van der Waals surface area contributed by atoms with E-state index in [1.807, 2.05) is 0 Å². The van der Waals surface area contributed by atoms with Crippen LogP contribution < -0.4 is 0 Å². The predicted octanol–water partition coefficient (Wildman–Crippen LogP) is 0.112. The van der Waals surface area contributed by atoms with Crippen molar-refractivity contribution in [3.05, 3.63) is 0 Å². The van der Waals surface area contributed by atoms with E-state index in [0.29, 0.717) is 24.7 Å². The molecule has 4 nitrogen and oxygen atoms in total. The Kier molecular flexibility index (Phi) is 3.12. The normalized spacial score (nSPS) is 44.8. The molecule has 2 rings (SSSR count). The van der Waals surface area contributed by atoms with Crippen molar-refractivity contribution in [1.29, 1.82) is 0 Å². The van der Waals surface area contributed by atoms with Crippen LogP contribution in [0.5, 0.6) is 0 Å². The first kappa shape index (κ1) is 10.1. The van der Waals surface area contributed by atoms with E-state index in [1.165, 1.54) is 0 Å². The molecule has 0 radical (unpaired) electrons. The van der Waals surface area contributed by atoms with Gasteiger partial charge in [-0.3, -0.25) is 0 Å². The second-order valence-electron chi connectivity index (χ2n) is 3.13. The molecule has 2 fully saturated rings. The molecule has 0 amide bonds. The molecule has 2 atom stereocenters. The number of hydrogen-bond donors (Lipinski definition) is 2. The fourth-order valence-corrected chi connectivity index (χ4v) is 1.81. The maximum Gasteiger partial charge on any atom is 0.531 e. The molecule has 0 aromatic carbocycles. The summed E-state index contributed by atoms with van der Waals surface area (Å²) in [5.41, 5.74) is 0. The predicted molar refractivity (Wildman–Crippen MR) is 55.1 cm³/mol. The van der Waals surface area contributed by atoms with E-state index in [-0.39, 0.29) is 12.2 Å². The summed E-state index contributed by atoms with van der Waals surface area (Å²) >= 11 is 8.23. The highest BCUT2D eigenvalue weighted by molar-refractivity contribution is 7.80. The number of rotatable bonds is 2. The third kappa shape index (κ3) is 2.00. The number of thiol groups is 2. The maximum atomic E-state index is 5.48. The van der Waals surface area contributed by atoms with Gasteiger partial charge in [-0.25, -0.2) is 0 Å². The zero-order valence-corrected chi connectivity index (χ0v) is 8.88. The Labute approximate surface area is 88.1 Å². The van der Waals surface area contributed by atoms with Gasteiger partial charge < -0.3 is 18.6 Å². The van der Waals surface area contributed by atoms with Gasteiger partial charge in [-0.05, 0) is 0 Å². The quantitative estimate of drug-likeness (QED) is 0.514. The van der Waals surface area contributed by atoms with Crippen LogP contribution in [-0.2, 0) is 18.6 Å². The smallest absolute Gasteiger partial charge is 0.517 e. The third-order valence-corrected chi connectivity index (χ3v) is 2.91. The molecule has 13 heavy (non-hydrogen) atoms. The van der Waals surface area contributed by atoms with Gasteiger partial charge in [0.1, 0.15) is 0 Å². The number of hydrogen-bond acceptors (Lipinski definition) is 6. The van der Waals surface area contributed by atoms with E-state index in [9.17, 15) is 0 Å². The van der Waals surface area contributed by atoms with Crippen molar-refractivity contribution in [2.24, 2.45) is 0 Å². The second-order valence-corrected chi connectivity index (χ2v) is 3.86. The molecule has 0 aromatic rings. The Morgan fingerprint density at radius 2 is 1.46 bits per heavy atom. The third-order valence-electron chi connectivity index (χ3n) is 2.10. The molecule has 0 aliphatic carbocycles. The first-order valence-electron chi connectivity index (χ1n) is 4.26. The van der Waals surface area contributed by atoms with Crippen molar-refractivity contribution in [3.63, 3.8) is 0 Å². The SMILES string of the molecule is SCC1CO[B-]2(OCC(CS)O2)O1. The van der Waals surface area contributed by atoms with Gasteiger partial charge in [-0.2, -0.15) is 25.3 Å². The Balaban J connectivity index is 1.93. The van der Waals surface area contributed by atoms with Gasteiger partial charge in [-0.15, -0.1) is 0 Å². The highest BCUT2D eigenvalue weighted by atomic mass is 32.1. The van der Waals surface area contributed by atoms with Crippen LogP contribution in [0.3, 0.4) is 0 Å². The molecule has 0 saturated carbocycles. The molecule has 2 unspecified atom stereocenters. The van der Waals surface area contributed by atoms with Gasteiger partial charge >= 0.3 is 6.96 Å². The molecule has 2 aliphatic rings. The first-order chi connectivity index (χ1) is 6.28. The topological polar surface area (TPSA) is 36.9 Å². The molecular formula is C6H12BO4S2-. The van der Waals surface area contributed by atoms with Crippen LogP contribution in [-0.4, -0.2) is 43.9 Å². The fourth-order valence-electron chi connectivity index (χ4n) is 1.43. The lowest BCUT2D eigenvalue weighted by molar-refractivity contribution is 0.0846. The molecule has 2 heterocycles. The van der Waals surface area contributed by atoms with E-state index < -0.39 is 6.96 Å². The molecule has 1 spiro atoms. The van der Waals surface area contributed by atoms with Crippen LogP contribution in [0.4, 0.5) is 0 Å². The molecule has 2 saturated heterocycles. The summed E-state index contributed by atoms with van der Waals surface area (Å²) < 4.78 is 21.7. The summed E-state index contributed by atoms with van der Waals surface area (Å²) in [5, 5.41) is 0. The zero-order valence-electron chi connectivity index (χ0n) is 7.09. The minimum absolute atomic E-state index is 0.0259. The van der Waals surface area contributed by atoms with Crippen molar-refractivity contribution in [1.82, 2.24) is 0 Å². The van der Waals surface area contributed by atoms with Crippen LogP contribution in [0.2, 0.25) is 0 Å². The lowest BCUT2D eigenvalue weighted by Gasteiger charge is -2.28. The van der Waals surface area contributed by atoms with E-state index in [0.717, 1.165) is 0 Å². The molecule has 7 heteroatoms. The van der Waals surface area contributed by atoms with Gasteiger partial charge in [0, 0.05) is 36.9 Å². The van der Waals surface area contributed by atoms with Crippen molar-refractivity contribution >= 4 is 32.2 Å². The average Bonchev–Trinajstić information content (AvgIpc) is 2.74. The molecule has 76 valence electrons. The molecule has 0 bridgehead atoms. The van der Waals surface area contributed by atoms with Gasteiger partial charge in [0.15, 0.2) is 0 Å². The van der Waals surface area contributed by atoms with E-state index >= 15 is 0 Å². The molecule has 0 N–H and O–H groups in total. The summed E-state index contributed by atoms with van der Waals surface area (Å²) in [5.74, 6) is 1.23. The molecule has 0 aromatic heterocycles. The van der Waals surface area contributed by atoms with E-state index in [1.54, 1.807) is 0 Å². The minimum Gasteiger partial charge on any atom is -0.517 e. The highest BCUT2D eigenvalue weighted by Crippen LogP contribution is 2.29. The molecule has 2 aliphatic heterocycles. The lowest BCUT2D eigenvalue weighted by Crippen LogP contribution is -2.40. The Bertz CT molecular complexity index is 173. The molecular weight excluding hydrogens is 211 g/mol. The van der Waals surface area contributed by atoms with E-state index in [2.05, 4.69) is 25.3 Å². The van der Waals surface area contributed by atoms with Gasteiger partial charge in [0.25, 0.3) is 0 Å². The summed E-state index contributed by atoms with van der Waals surface area (Å²) in [4.78, 5) is 0. The van der Waals surface area contributed by atoms with Gasteiger partial charge in [-0.1, -0.05) is 0 Å². The van der Waals surface area contributed by atoms with Crippen LogP contribution in [0.15, 0.2) is 0 Å². The van der Waals surface area contributed by atoms with Crippen molar-refractivity contribution in [2.45, 2.75) is 12.2 Å². The van der Waals surface area contributed by atoms with Crippen LogP contribution in [0, 0.1) is 0 Å². The van der Waals surface area contributed by atoms with Crippen molar-refractivity contribution < 1.29 is 18.6 Å². The Morgan fingerprint density at radius 3 is 1.77 bits per heavy atom. The van der Waals surface area contributed by atoms with Crippen molar-refractivity contribution in [3.8, 4) is 0 Å². The highest BCUT2D eigenvalue weighted by Gasteiger charge is 2.45. The van der Waals surface area contributed by atoms with E-state index in [4.69, 9.17) is 18.6 Å². The maximum absolute atomic E-state index is 5.48. The van der Waals surface area contributed by atoms with Gasteiger partial charge in [0.05, 0.1) is 0 Å².